The van der Waals surface area contributed by atoms with Gasteiger partial charge in [-0.2, -0.15) is 0 Å². The van der Waals surface area contributed by atoms with Gasteiger partial charge in [0, 0.05) is 32.6 Å². The van der Waals surface area contributed by atoms with Gasteiger partial charge in [-0.3, -0.25) is 9.69 Å². The van der Waals surface area contributed by atoms with E-state index in [1.165, 1.54) is 19.3 Å². The largest absolute Gasteiger partial charge is 0.367 e. The molecule has 5 nitrogen and oxygen atoms in total. The number of nitrogens with zero attached hydrogens (tertiary/aromatic N) is 1. The summed E-state index contributed by atoms with van der Waals surface area (Å²) in [4.78, 5) is 13.6. The van der Waals surface area contributed by atoms with Crippen LogP contribution in [-0.4, -0.2) is 47.8 Å². The van der Waals surface area contributed by atoms with E-state index in [9.17, 15) is 9.90 Å². The van der Waals surface area contributed by atoms with E-state index in [1.54, 1.807) is 0 Å². The maximum absolute atomic E-state index is 11.7. The van der Waals surface area contributed by atoms with Crippen LogP contribution in [0.25, 0.3) is 0 Å². The minimum Gasteiger partial charge on any atom is -0.367 e. The maximum Gasteiger partial charge on any atom is 0.264 e. The summed E-state index contributed by atoms with van der Waals surface area (Å²) in [5, 5.41) is 13.9. The number of hydrogen-bond donors (Lipinski definition) is 3. The molecule has 0 aromatic heterocycles. The SMILES string of the molecule is NC(=O)C(O)(CC1CCCCC1)N1CCNCC1. The lowest BCUT2D eigenvalue weighted by Crippen LogP contribution is -2.63. The Bertz CT molecular complexity index is 286. The predicted molar refractivity (Wildman–Crippen MR) is 69.8 cm³/mol. The molecule has 0 radical (unpaired) electrons. The van der Waals surface area contributed by atoms with Crippen molar-refractivity contribution in [2.75, 3.05) is 26.2 Å². The molecule has 0 spiro atoms. The Labute approximate surface area is 109 Å². The van der Waals surface area contributed by atoms with Crippen molar-refractivity contribution < 1.29 is 9.90 Å². The van der Waals surface area contributed by atoms with E-state index in [0.29, 0.717) is 25.4 Å². The van der Waals surface area contributed by atoms with E-state index in [0.717, 1.165) is 25.9 Å². The lowest BCUT2D eigenvalue weighted by molar-refractivity contribution is -0.167. The first-order valence-corrected chi connectivity index (χ1v) is 7.11. The fourth-order valence-electron chi connectivity index (χ4n) is 3.21. The summed E-state index contributed by atoms with van der Waals surface area (Å²) >= 11 is 0. The molecule has 1 saturated carbocycles. The molecule has 1 atom stereocenters. The van der Waals surface area contributed by atoms with Crippen LogP contribution in [0.1, 0.15) is 38.5 Å². The quantitative estimate of drug-likeness (QED) is 0.662. The summed E-state index contributed by atoms with van der Waals surface area (Å²) in [6.07, 6.45) is 6.42. The van der Waals surface area contributed by atoms with E-state index in [1.807, 2.05) is 4.90 Å². The molecule has 0 aromatic rings. The molecule has 1 amide bonds. The number of aliphatic hydroxyl groups is 1. The number of carbonyl (C=O) groups is 1. The van der Waals surface area contributed by atoms with Crippen LogP contribution in [0.3, 0.4) is 0 Å². The Morgan fingerprint density at radius 3 is 2.44 bits per heavy atom. The van der Waals surface area contributed by atoms with Gasteiger partial charge in [0.05, 0.1) is 0 Å². The van der Waals surface area contributed by atoms with Crippen LogP contribution in [0.5, 0.6) is 0 Å². The first-order chi connectivity index (χ1) is 8.63. The maximum atomic E-state index is 11.7. The number of nitrogens with two attached hydrogens (primary N) is 1. The molecule has 1 unspecified atom stereocenters. The van der Waals surface area contributed by atoms with Crippen molar-refractivity contribution in [3.63, 3.8) is 0 Å². The Hall–Kier alpha value is -0.650. The third kappa shape index (κ3) is 3.02. The zero-order chi connectivity index (χ0) is 13.0. The van der Waals surface area contributed by atoms with Crippen molar-refractivity contribution in [1.82, 2.24) is 10.2 Å². The van der Waals surface area contributed by atoms with Gasteiger partial charge < -0.3 is 16.2 Å². The molecule has 1 aliphatic carbocycles. The summed E-state index contributed by atoms with van der Waals surface area (Å²) in [7, 11) is 0. The molecule has 2 fully saturated rings. The first kappa shape index (κ1) is 13.8. The lowest BCUT2D eigenvalue weighted by Gasteiger charge is -2.42. The fraction of sp³-hybridized carbons (Fsp3) is 0.923. The molecule has 18 heavy (non-hydrogen) atoms. The van der Waals surface area contributed by atoms with Crippen LogP contribution < -0.4 is 11.1 Å². The Morgan fingerprint density at radius 2 is 1.89 bits per heavy atom. The number of hydrogen-bond acceptors (Lipinski definition) is 4. The van der Waals surface area contributed by atoms with Gasteiger partial charge in [-0.1, -0.05) is 32.1 Å². The molecule has 0 bridgehead atoms. The normalized spacial score (nSPS) is 26.7. The molecule has 104 valence electrons. The Kier molecular flexibility index (Phi) is 4.59. The van der Waals surface area contributed by atoms with Gasteiger partial charge in [0.1, 0.15) is 0 Å². The second-order valence-electron chi connectivity index (χ2n) is 5.63. The molecule has 2 aliphatic rings. The van der Waals surface area contributed by atoms with Gasteiger partial charge in [0.2, 0.25) is 0 Å². The van der Waals surface area contributed by atoms with E-state index < -0.39 is 11.6 Å². The highest BCUT2D eigenvalue weighted by molar-refractivity contribution is 5.82. The van der Waals surface area contributed by atoms with Crippen LogP contribution in [0.15, 0.2) is 0 Å². The first-order valence-electron chi connectivity index (χ1n) is 7.11. The van der Waals surface area contributed by atoms with Crippen molar-refractivity contribution >= 4 is 5.91 Å². The molecule has 1 aliphatic heterocycles. The van der Waals surface area contributed by atoms with Crippen molar-refractivity contribution in [1.29, 1.82) is 0 Å². The van der Waals surface area contributed by atoms with Gasteiger partial charge >= 0.3 is 0 Å². The summed E-state index contributed by atoms with van der Waals surface area (Å²) in [6.45, 7) is 2.98. The number of piperazine rings is 1. The van der Waals surface area contributed by atoms with Crippen LogP contribution in [0, 0.1) is 5.92 Å². The molecular weight excluding hydrogens is 230 g/mol. The summed E-state index contributed by atoms with van der Waals surface area (Å²) in [6, 6.07) is 0. The molecule has 1 heterocycles. The lowest BCUT2D eigenvalue weighted by atomic mass is 9.83. The van der Waals surface area contributed by atoms with E-state index in [-0.39, 0.29) is 0 Å². The molecule has 4 N–H and O–H groups in total. The van der Waals surface area contributed by atoms with E-state index >= 15 is 0 Å². The molecular formula is C13H25N3O2. The zero-order valence-electron chi connectivity index (χ0n) is 11.0. The van der Waals surface area contributed by atoms with Gasteiger partial charge in [0.25, 0.3) is 5.91 Å². The summed E-state index contributed by atoms with van der Waals surface area (Å²) in [5.74, 6) is -0.152. The van der Waals surface area contributed by atoms with Crippen molar-refractivity contribution in [3.05, 3.63) is 0 Å². The van der Waals surface area contributed by atoms with Gasteiger partial charge in [0.15, 0.2) is 5.72 Å². The van der Waals surface area contributed by atoms with Crippen LogP contribution >= 0.6 is 0 Å². The molecule has 2 rings (SSSR count). The van der Waals surface area contributed by atoms with Gasteiger partial charge in [-0.05, 0) is 5.92 Å². The topological polar surface area (TPSA) is 78.6 Å². The average Bonchev–Trinajstić information content (AvgIpc) is 2.40. The molecule has 0 aromatic carbocycles. The summed E-state index contributed by atoms with van der Waals surface area (Å²) in [5.41, 5.74) is 4.03. The highest BCUT2D eigenvalue weighted by Crippen LogP contribution is 2.32. The smallest absolute Gasteiger partial charge is 0.264 e. The zero-order valence-corrected chi connectivity index (χ0v) is 11.0. The van der Waals surface area contributed by atoms with Crippen LogP contribution in [-0.2, 0) is 4.79 Å². The number of carbonyl (C=O) groups excluding carboxylic acids is 1. The number of nitrogens with one attached hydrogen (secondary N) is 1. The number of amides is 1. The minimum absolute atomic E-state index is 0.436. The highest BCUT2D eigenvalue weighted by atomic mass is 16.3. The van der Waals surface area contributed by atoms with Crippen molar-refractivity contribution in [2.45, 2.75) is 44.2 Å². The Balaban J connectivity index is 2.02. The number of rotatable bonds is 4. The monoisotopic (exact) mass is 255 g/mol. The third-order valence-corrected chi connectivity index (χ3v) is 4.33. The van der Waals surface area contributed by atoms with Crippen LogP contribution in [0.4, 0.5) is 0 Å². The highest BCUT2D eigenvalue weighted by Gasteiger charge is 2.42. The molecule has 5 heteroatoms. The van der Waals surface area contributed by atoms with Gasteiger partial charge in [-0.25, -0.2) is 0 Å². The van der Waals surface area contributed by atoms with Crippen molar-refractivity contribution in [3.8, 4) is 0 Å². The molecule has 1 saturated heterocycles. The summed E-state index contributed by atoms with van der Waals surface area (Å²) < 4.78 is 0. The second kappa shape index (κ2) is 5.99. The van der Waals surface area contributed by atoms with Crippen LogP contribution in [0.2, 0.25) is 0 Å². The van der Waals surface area contributed by atoms with E-state index in [2.05, 4.69) is 5.32 Å². The third-order valence-electron chi connectivity index (χ3n) is 4.33. The number of primary amides is 1. The van der Waals surface area contributed by atoms with Gasteiger partial charge in [-0.15, -0.1) is 0 Å². The Morgan fingerprint density at radius 1 is 1.28 bits per heavy atom. The van der Waals surface area contributed by atoms with Crippen molar-refractivity contribution in [2.24, 2.45) is 11.7 Å². The second-order valence-corrected chi connectivity index (χ2v) is 5.63. The fourth-order valence-corrected chi connectivity index (χ4v) is 3.21. The minimum atomic E-state index is -1.44. The standard InChI is InChI=1S/C13H25N3O2/c14-12(17)13(18,16-8-6-15-7-9-16)10-11-4-2-1-3-5-11/h11,15,18H,1-10H2,(H2,14,17). The van der Waals surface area contributed by atoms with E-state index in [4.69, 9.17) is 5.73 Å². The predicted octanol–water partition coefficient (Wildman–Crippen LogP) is 0.0359. The average molecular weight is 255 g/mol.